The van der Waals surface area contributed by atoms with Crippen LogP contribution in [0.25, 0.3) is 0 Å². The molecule has 0 aromatic rings. The Hall–Kier alpha value is -1.67. The zero-order valence-corrected chi connectivity index (χ0v) is 18.0. The van der Waals surface area contributed by atoms with E-state index in [4.69, 9.17) is 4.55 Å². The van der Waals surface area contributed by atoms with Crippen molar-refractivity contribution in [1.29, 1.82) is 0 Å². The van der Waals surface area contributed by atoms with E-state index in [1.807, 2.05) is 0 Å². The van der Waals surface area contributed by atoms with Crippen LogP contribution in [0.1, 0.15) is 77.6 Å². The fourth-order valence-corrected chi connectivity index (χ4v) is 3.35. The van der Waals surface area contributed by atoms with Gasteiger partial charge in [0.05, 0.1) is 5.75 Å². The molecule has 0 fully saturated rings. The molecule has 7 nitrogen and oxygen atoms in total. The van der Waals surface area contributed by atoms with Gasteiger partial charge in [0.25, 0.3) is 10.1 Å². The lowest BCUT2D eigenvalue weighted by Crippen LogP contribution is -2.38. The summed E-state index contributed by atoms with van der Waals surface area (Å²) in [7, 11) is -4.09. The van der Waals surface area contributed by atoms with E-state index in [-0.39, 0.29) is 0 Å². The maximum Gasteiger partial charge on any atom is 0.266 e. The number of primary amides is 1. The number of nitrogens with two attached hydrogens (primary N) is 1. The minimum Gasteiger partial charge on any atom is -0.366 e. The maximum absolute atomic E-state index is 11.3. The Morgan fingerprint density at radius 2 is 1.39 bits per heavy atom. The van der Waals surface area contributed by atoms with E-state index in [9.17, 15) is 18.0 Å². The fourth-order valence-electron chi connectivity index (χ4n) is 2.59. The van der Waals surface area contributed by atoms with Gasteiger partial charge in [-0.3, -0.25) is 14.1 Å². The number of carbonyl (C=O) groups is 2. The Bertz CT molecular complexity index is 547. The normalized spacial score (nSPS) is 11.6. The summed E-state index contributed by atoms with van der Waals surface area (Å²) in [5, 5.41) is 2.56. The molecule has 4 N–H and O–H groups in total. The summed E-state index contributed by atoms with van der Waals surface area (Å²) < 4.78 is 30.9. The monoisotopic (exact) mass is 418 g/mol. The summed E-state index contributed by atoms with van der Waals surface area (Å²) in [5.41, 5.74) is 4.53. The van der Waals surface area contributed by atoms with Crippen molar-refractivity contribution in [3.63, 3.8) is 0 Å². The molecule has 0 spiro atoms. The molecule has 0 aliphatic rings. The molecule has 0 aromatic heterocycles. The molecule has 2 amide bonds. The van der Waals surface area contributed by atoms with E-state index < -0.39 is 33.7 Å². The van der Waals surface area contributed by atoms with Gasteiger partial charge in [-0.15, -0.1) is 0 Å². The number of carbonyl (C=O) groups excluding carboxylic acids is 2. The van der Waals surface area contributed by atoms with Crippen LogP contribution in [0.2, 0.25) is 0 Å². The van der Waals surface area contributed by atoms with Crippen molar-refractivity contribution in [3.8, 4) is 0 Å². The molecule has 0 aromatic carbocycles. The van der Waals surface area contributed by atoms with Crippen LogP contribution in [-0.4, -0.2) is 36.6 Å². The van der Waals surface area contributed by atoms with E-state index in [1.165, 1.54) is 44.9 Å². The van der Waals surface area contributed by atoms with Gasteiger partial charge in [0.15, 0.2) is 0 Å². The summed E-state index contributed by atoms with van der Waals surface area (Å²) in [6, 6.07) is -0.551. The zero-order chi connectivity index (χ0) is 21.8. The molecule has 0 bridgehead atoms. The van der Waals surface area contributed by atoms with Gasteiger partial charge in [-0.25, -0.2) is 0 Å². The number of amides is 2. The molecule has 0 radical (unpaired) electrons. The largest absolute Gasteiger partial charge is 0.366 e. The average Bonchev–Trinajstić information content (AvgIpc) is 2.62. The van der Waals surface area contributed by atoms with E-state index in [0.29, 0.717) is 6.42 Å². The van der Waals surface area contributed by atoms with Crippen molar-refractivity contribution in [1.82, 2.24) is 5.32 Å². The van der Waals surface area contributed by atoms with Gasteiger partial charge in [0.1, 0.15) is 0 Å². The summed E-state index contributed by atoms with van der Waals surface area (Å²) >= 11 is 0. The quantitative estimate of drug-likeness (QED) is 0.201. The highest BCUT2D eigenvalue weighted by Gasteiger charge is 2.17. The number of nitrogens with one attached hydrogen (secondary N) is 1. The van der Waals surface area contributed by atoms with Crippen molar-refractivity contribution in [2.24, 2.45) is 5.73 Å². The third kappa shape index (κ3) is 24.3. The number of rotatable bonds is 16. The molecule has 28 heavy (non-hydrogen) atoms. The van der Waals surface area contributed by atoms with Gasteiger partial charge in [0, 0.05) is 6.04 Å². The second kappa shape index (κ2) is 18.7. The minimum atomic E-state index is -4.09. The van der Waals surface area contributed by atoms with E-state index in [1.54, 1.807) is 0 Å². The van der Waals surface area contributed by atoms with Gasteiger partial charge >= 0.3 is 0 Å². The minimum absolute atomic E-state index is 0.411. The molecule has 0 saturated carbocycles. The molecule has 0 rings (SSSR count). The van der Waals surface area contributed by atoms with Crippen molar-refractivity contribution in [3.05, 3.63) is 25.3 Å². The topological polar surface area (TPSA) is 127 Å². The highest BCUT2D eigenvalue weighted by Crippen LogP contribution is 2.12. The van der Waals surface area contributed by atoms with Crippen LogP contribution in [-0.2, 0) is 19.7 Å². The van der Waals surface area contributed by atoms with Crippen LogP contribution in [0.3, 0.4) is 0 Å². The highest BCUT2D eigenvalue weighted by atomic mass is 32.2. The first-order chi connectivity index (χ1) is 13.2. The second-order valence-electron chi connectivity index (χ2n) is 6.74. The smallest absolute Gasteiger partial charge is 0.266 e. The van der Waals surface area contributed by atoms with E-state index >= 15 is 0 Å². The highest BCUT2D eigenvalue weighted by molar-refractivity contribution is 7.85. The van der Waals surface area contributed by atoms with Gasteiger partial charge < -0.3 is 11.1 Å². The predicted molar refractivity (Wildman–Crippen MR) is 114 cm³/mol. The Morgan fingerprint density at radius 1 is 0.964 bits per heavy atom. The first kappa shape index (κ1) is 28.5. The fraction of sp³-hybridized carbons (Fsp3) is 0.700. The number of hydrogen-bond acceptors (Lipinski definition) is 4. The predicted octanol–water partition coefficient (Wildman–Crippen LogP) is 3.51. The average molecular weight is 419 g/mol. The summed E-state index contributed by atoms with van der Waals surface area (Å²) in [5.74, 6) is -1.33. The van der Waals surface area contributed by atoms with Gasteiger partial charge in [-0.2, -0.15) is 8.42 Å². The maximum atomic E-state index is 11.3. The van der Waals surface area contributed by atoms with Gasteiger partial charge in [-0.1, -0.05) is 84.3 Å². The van der Waals surface area contributed by atoms with Crippen molar-refractivity contribution < 1.29 is 22.6 Å². The molecule has 0 heterocycles. The summed E-state index contributed by atoms with van der Waals surface area (Å²) in [4.78, 5) is 20.8. The lowest BCUT2D eigenvalue weighted by Gasteiger charge is -2.16. The third-order valence-electron chi connectivity index (χ3n) is 4.05. The SMILES string of the molecule is C=CC(=O)NC(CCCCCCCCCCCC)CS(=O)(=O)O.C=CC(N)=O. The van der Waals surface area contributed by atoms with E-state index in [2.05, 4.69) is 31.1 Å². The van der Waals surface area contributed by atoms with Crippen LogP contribution in [0, 0.1) is 0 Å². The Morgan fingerprint density at radius 3 is 1.75 bits per heavy atom. The van der Waals surface area contributed by atoms with E-state index in [0.717, 1.165) is 31.4 Å². The molecule has 8 heteroatoms. The van der Waals surface area contributed by atoms with Crippen molar-refractivity contribution >= 4 is 21.9 Å². The van der Waals surface area contributed by atoms with Crippen LogP contribution < -0.4 is 11.1 Å². The molecule has 0 aliphatic carbocycles. The molecule has 1 unspecified atom stereocenters. The first-order valence-corrected chi connectivity index (χ1v) is 11.6. The van der Waals surface area contributed by atoms with Gasteiger partial charge in [-0.05, 0) is 18.6 Å². The lowest BCUT2D eigenvalue weighted by atomic mass is 10.0. The molecular formula is C20H38N2O5S. The molecule has 164 valence electrons. The van der Waals surface area contributed by atoms with Crippen LogP contribution in [0.15, 0.2) is 25.3 Å². The lowest BCUT2D eigenvalue weighted by molar-refractivity contribution is -0.117. The van der Waals surface area contributed by atoms with Crippen LogP contribution in [0.5, 0.6) is 0 Å². The summed E-state index contributed by atoms with van der Waals surface area (Å²) in [6.45, 7) is 8.64. The molecule has 0 saturated heterocycles. The second-order valence-corrected chi connectivity index (χ2v) is 8.23. The zero-order valence-electron chi connectivity index (χ0n) is 17.2. The first-order valence-electron chi connectivity index (χ1n) is 9.96. The Labute approximate surface area is 170 Å². The summed E-state index contributed by atoms with van der Waals surface area (Å²) in [6.07, 6.45) is 14.7. The van der Waals surface area contributed by atoms with Gasteiger partial charge in [0.2, 0.25) is 11.8 Å². The molecular weight excluding hydrogens is 380 g/mol. The Balaban J connectivity index is 0. The standard InChI is InChI=1S/C17H33NO4S.C3H5NO/c1-3-5-6-7-8-9-10-11-12-13-14-16(15-23(20,21)22)18-17(19)4-2;1-2-3(4)5/h4,16H,2-3,5-15H2,1H3,(H,18,19)(H,20,21,22);2H,1H2,(H2,4,5). The molecule has 1 atom stereocenters. The van der Waals surface area contributed by atoms with Crippen LogP contribution in [0.4, 0.5) is 0 Å². The Kier molecular flexibility index (Phi) is 19.0. The number of hydrogen-bond donors (Lipinski definition) is 3. The van der Waals surface area contributed by atoms with Crippen molar-refractivity contribution in [2.75, 3.05) is 5.75 Å². The third-order valence-corrected chi connectivity index (χ3v) is 4.87. The molecule has 0 aliphatic heterocycles. The van der Waals surface area contributed by atoms with Crippen LogP contribution >= 0.6 is 0 Å². The number of unbranched alkanes of at least 4 members (excludes halogenated alkanes) is 9. The van der Waals surface area contributed by atoms with Crippen molar-refractivity contribution in [2.45, 2.75) is 83.6 Å².